The third kappa shape index (κ3) is 3.06. The number of carbonyl (C=O) groups excluding carboxylic acids is 3. The SMILES string of the molecule is COC(=O)C1=C(C(=O)OC)N(c2cccc(F)c2C(N)=O)COC1. The van der Waals surface area contributed by atoms with Crippen LogP contribution >= 0.6 is 0 Å². The number of ether oxygens (including phenoxy) is 3. The molecule has 0 saturated carbocycles. The maximum absolute atomic E-state index is 14.0. The monoisotopic (exact) mass is 338 g/mol. The van der Waals surface area contributed by atoms with E-state index in [1.165, 1.54) is 12.1 Å². The van der Waals surface area contributed by atoms with Gasteiger partial charge in [-0.25, -0.2) is 14.0 Å². The lowest BCUT2D eigenvalue weighted by molar-refractivity contribution is -0.140. The van der Waals surface area contributed by atoms with E-state index >= 15 is 0 Å². The molecule has 24 heavy (non-hydrogen) atoms. The van der Waals surface area contributed by atoms with Crippen LogP contribution in [0.5, 0.6) is 0 Å². The predicted molar refractivity (Wildman–Crippen MR) is 79.3 cm³/mol. The van der Waals surface area contributed by atoms with E-state index in [0.717, 1.165) is 25.2 Å². The van der Waals surface area contributed by atoms with Gasteiger partial charge in [0.2, 0.25) is 0 Å². The minimum absolute atomic E-state index is 0.0241. The van der Waals surface area contributed by atoms with Gasteiger partial charge in [0.15, 0.2) is 0 Å². The van der Waals surface area contributed by atoms with Crippen LogP contribution in [0.15, 0.2) is 29.5 Å². The average Bonchev–Trinajstić information content (AvgIpc) is 2.59. The summed E-state index contributed by atoms with van der Waals surface area (Å²) in [5.74, 6) is -3.57. The Morgan fingerprint density at radius 3 is 2.46 bits per heavy atom. The molecule has 0 radical (unpaired) electrons. The second-order valence-corrected chi connectivity index (χ2v) is 4.71. The van der Waals surface area contributed by atoms with Gasteiger partial charge in [-0.15, -0.1) is 0 Å². The van der Waals surface area contributed by atoms with E-state index in [-0.39, 0.29) is 30.3 Å². The van der Waals surface area contributed by atoms with Gasteiger partial charge in [0, 0.05) is 0 Å². The van der Waals surface area contributed by atoms with Crippen LogP contribution in [0.1, 0.15) is 10.4 Å². The zero-order valence-corrected chi connectivity index (χ0v) is 13.0. The zero-order chi connectivity index (χ0) is 17.9. The molecule has 2 rings (SSSR count). The molecule has 1 aromatic rings. The standard InChI is InChI=1S/C15H15FN2O6/c1-22-14(20)8-6-24-7-18(12(8)15(21)23-2)10-5-3-4-9(16)11(10)13(17)19/h3-5H,6-7H2,1-2H3,(H2,17,19). The van der Waals surface area contributed by atoms with Crippen molar-refractivity contribution in [1.82, 2.24) is 0 Å². The molecule has 0 bridgehead atoms. The fraction of sp³-hybridized carbons (Fsp3) is 0.267. The van der Waals surface area contributed by atoms with E-state index in [1.807, 2.05) is 0 Å². The highest BCUT2D eigenvalue weighted by atomic mass is 19.1. The normalized spacial score (nSPS) is 14.4. The van der Waals surface area contributed by atoms with E-state index in [4.69, 9.17) is 10.5 Å². The molecule has 128 valence electrons. The molecular weight excluding hydrogens is 323 g/mol. The van der Waals surface area contributed by atoms with Crippen LogP contribution in [0.25, 0.3) is 0 Å². The Morgan fingerprint density at radius 2 is 1.88 bits per heavy atom. The Bertz CT molecular complexity index is 731. The molecule has 0 fully saturated rings. The fourth-order valence-electron chi connectivity index (χ4n) is 2.32. The van der Waals surface area contributed by atoms with Crippen LogP contribution in [0.2, 0.25) is 0 Å². The molecule has 1 amide bonds. The zero-order valence-electron chi connectivity index (χ0n) is 13.0. The summed E-state index contributed by atoms with van der Waals surface area (Å²) < 4.78 is 28.6. The van der Waals surface area contributed by atoms with Gasteiger partial charge < -0.3 is 24.8 Å². The van der Waals surface area contributed by atoms with Crippen molar-refractivity contribution in [2.24, 2.45) is 5.73 Å². The molecule has 0 atom stereocenters. The number of rotatable bonds is 4. The van der Waals surface area contributed by atoms with Crippen molar-refractivity contribution < 1.29 is 33.0 Å². The fourth-order valence-corrected chi connectivity index (χ4v) is 2.32. The van der Waals surface area contributed by atoms with Crippen LogP contribution in [0, 0.1) is 5.82 Å². The molecule has 0 spiro atoms. The first-order chi connectivity index (χ1) is 11.4. The van der Waals surface area contributed by atoms with Crippen molar-refractivity contribution in [3.8, 4) is 0 Å². The van der Waals surface area contributed by atoms with Gasteiger partial charge >= 0.3 is 11.9 Å². The lowest BCUT2D eigenvalue weighted by Gasteiger charge is -2.32. The number of primary amides is 1. The Hall–Kier alpha value is -2.94. The van der Waals surface area contributed by atoms with Gasteiger partial charge in [0.25, 0.3) is 5.91 Å². The highest BCUT2D eigenvalue weighted by Gasteiger charge is 2.34. The number of methoxy groups -OCH3 is 2. The van der Waals surface area contributed by atoms with Crippen LogP contribution < -0.4 is 10.6 Å². The second-order valence-electron chi connectivity index (χ2n) is 4.71. The first-order valence-electron chi connectivity index (χ1n) is 6.75. The molecule has 0 aliphatic carbocycles. The summed E-state index contributed by atoms with van der Waals surface area (Å²) in [6.45, 7) is -0.413. The van der Waals surface area contributed by atoms with Gasteiger partial charge in [-0.1, -0.05) is 6.07 Å². The molecule has 0 saturated heterocycles. The molecule has 1 aliphatic rings. The first-order valence-corrected chi connectivity index (χ1v) is 6.75. The molecule has 8 nitrogen and oxygen atoms in total. The van der Waals surface area contributed by atoms with Crippen molar-refractivity contribution in [1.29, 1.82) is 0 Å². The molecule has 9 heteroatoms. The third-order valence-corrected chi connectivity index (χ3v) is 3.36. The Balaban J connectivity index is 2.68. The highest BCUT2D eigenvalue weighted by Crippen LogP contribution is 2.30. The number of halogens is 1. The largest absolute Gasteiger partial charge is 0.466 e. The summed E-state index contributed by atoms with van der Waals surface area (Å²) in [5.41, 5.74) is 4.45. The van der Waals surface area contributed by atoms with Crippen molar-refractivity contribution in [2.45, 2.75) is 0 Å². The number of carbonyl (C=O) groups is 3. The van der Waals surface area contributed by atoms with Crippen LogP contribution in [0.3, 0.4) is 0 Å². The topological polar surface area (TPSA) is 108 Å². The van der Waals surface area contributed by atoms with Gasteiger partial charge in [-0.05, 0) is 12.1 Å². The number of esters is 2. The second kappa shape index (κ2) is 7.09. The maximum Gasteiger partial charge on any atom is 0.355 e. The first kappa shape index (κ1) is 17.4. The number of hydrogen-bond donors (Lipinski definition) is 1. The molecule has 1 aromatic carbocycles. The Labute approximate surface area is 136 Å². The van der Waals surface area contributed by atoms with Crippen molar-refractivity contribution in [3.05, 3.63) is 40.8 Å². The number of amides is 1. The number of nitrogens with two attached hydrogens (primary N) is 1. The van der Waals surface area contributed by atoms with Crippen LogP contribution in [0.4, 0.5) is 10.1 Å². The summed E-state index contributed by atoms with van der Waals surface area (Å²) in [5, 5.41) is 0. The van der Waals surface area contributed by atoms with E-state index in [2.05, 4.69) is 9.47 Å². The molecular formula is C15H15FN2O6. The lowest BCUT2D eigenvalue weighted by atomic mass is 10.1. The highest BCUT2D eigenvalue weighted by molar-refractivity contribution is 6.06. The number of benzene rings is 1. The summed E-state index contributed by atoms with van der Waals surface area (Å²) in [6.07, 6.45) is 0. The Morgan fingerprint density at radius 1 is 1.21 bits per heavy atom. The molecule has 0 unspecified atom stereocenters. The number of anilines is 1. The Kier molecular flexibility index (Phi) is 5.14. The third-order valence-electron chi connectivity index (χ3n) is 3.36. The quantitative estimate of drug-likeness (QED) is 0.788. The van der Waals surface area contributed by atoms with E-state index in [1.54, 1.807) is 0 Å². The van der Waals surface area contributed by atoms with Gasteiger partial charge in [-0.3, -0.25) is 4.79 Å². The van der Waals surface area contributed by atoms with E-state index in [9.17, 15) is 18.8 Å². The lowest BCUT2D eigenvalue weighted by Crippen LogP contribution is -2.40. The maximum atomic E-state index is 14.0. The summed E-state index contributed by atoms with van der Waals surface area (Å²) in [4.78, 5) is 36.8. The minimum Gasteiger partial charge on any atom is -0.466 e. The van der Waals surface area contributed by atoms with Crippen LogP contribution in [-0.4, -0.2) is 45.4 Å². The summed E-state index contributed by atoms with van der Waals surface area (Å²) in [6, 6.07) is 3.76. The summed E-state index contributed by atoms with van der Waals surface area (Å²) in [7, 11) is 2.26. The average molecular weight is 338 g/mol. The van der Waals surface area contributed by atoms with Gasteiger partial charge in [0.1, 0.15) is 18.2 Å². The molecule has 1 heterocycles. The number of hydrogen-bond acceptors (Lipinski definition) is 7. The molecule has 2 N–H and O–H groups in total. The van der Waals surface area contributed by atoms with Crippen molar-refractivity contribution >= 4 is 23.5 Å². The van der Waals surface area contributed by atoms with Gasteiger partial charge in [0.05, 0.1) is 37.7 Å². The molecule has 1 aliphatic heterocycles. The van der Waals surface area contributed by atoms with Crippen LogP contribution in [-0.2, 0) is 23.8 Å². The van der Waals surface area contributed by atoms with E-state index in [0.29, 0.717) is 0 Å². The van der Waals surface area contributed by atoms with Crippen molar-refractivity contribution in [3.63, 3.8) is 0 Å². The number of nitrogens with zero attached hydrogens (tertiary/aromatic N) is 1. The summed E-state index contributed by atoms with van der Waals surface area (Å²) >= 11 is 0. The molecule has 0 aromatic heterocycles. The minimum atomic E-state index is -1.03. The smallest absolute Gasteiger partial charge is 0.355 e. The van der Waals surface area contributed by atoms with E-state index < -0.39 is 29.2 Å². The van der Waals surface area contributed by atoms with Crippen molar-refractivity contribution in [2.75, 3.05) is 32.5 Å². The predicted octanol–water partition coefficient (Wildman–Crippen LogP) is 0.319. The van der Waals surface area contributed by atoms with Gasteiger partial charge in [-0.2, -0.15) is 0 Å².